The van der Waals surface area contributed by atoms with Crippen LogP contribution in [0.25, 0.3) is 0 Å². The summed E-state index contributed by atoms with van der Waals surface area (Å²) in [6.45, 7) is 4.27. The van der Waals surface area contributed by atoms with E-state index in [1.54, 1.807) is 12.3 Å². The Kier molecular flexibility index (Phi) is 2.93. The van der Waals surface area contributed by atoms with E-state index in [-0.39, 0.29) is 0 Å². The maximum absolute atomic E-state index is 9.20. The fourth-order valence-electron chi connectivity index (χ4n) is 1.11. The standard InChI is InChI=1S/C9H13ClNO/c1-7(2)5-8-3-4-9(10)11(12)6-8/h3-4,6-7,12H,5H2,1-2H3/q+1. The minimum absolute atomic E-state index is 0.336. The van der Waals surface area contributed by atoms with Gasteiger partial charge in [0.1, 0.15) is 0 Å². The summed E-state index contributed by atoms with van der Waals surface area (Å²) in [5.41, 5.74) is 1.09. The maximum Gasteiger partial charge on any atom is 0.325 e. The lowest BCUT2D eigenvalue weighted by atomic mass is 10.1. The van der Waals surface area contributed by atoms with Gasteiger partial charge >= 0.3 is 5.15 Å². The highest BCUT2D eigenvalue weighted by Gasteiger charge is 2.08. The van der Waals surface area contributed by atoms with Crippen LogP contribution in [0, 0.1) is 5.92 Å². The van der Waals surface area contributed by atoms with E-state index in [0.29, 0.717) is 11.1 Å². The van der Waals surface area contributed by atoms with Crippen LogP contribution < -0.4 is 4.73 Å². The molecule has 0 radical (unpaired) electrons. The van der Waals surface area contributed by atoms with Crippen molar-refractivity contribution in [1.82, 2.24) is 0 Å². The van der Waals surface area contributed by atoms with E-state index in [1.807, 2.05) is 6.07 Å². The molecule has 0 unspecified atom stereocenters. The first-order valence-electron chi connectivity index (χ1n) is 3.99. The third-order valence-corrected chi connectivity index (χ3v) is 1.89. The average Bonchev–Trinajstić information content (AvgIpc) is 1.96. The molecule has 0 saturated heterocycles. The van der Waals surface area contributed by atoms with Crippen molar-refractivity contribution in [3.63, 3.8) is 0 Å². The van der Waals surface area contributed by atoms with Gasteiger partial charge < -0.3 is 0 Å². The van der Waals surface area contributed by atoms with Crippen LogP contribution in [0.5, 0.6) is 0 Å². The second-order valence-electron chi connectivity index (χ2n) is 3.30. The molecule has 1 aromatic rings. The van der Waals surface area contributed by atoms with Crippen LogP contribution in [0.15, 0.2) is 18.3 Å². The lowest BCUT2D eigenvalue weighted by Gasteiger charge is -2.01. The number of halogens is 1. The van der Waals surface area contributed by atoms with E-state index < -0.39 is 0 Å². The molecule has 0 aliphatic heterocycles. The predicted octanol–water partition coefficient (Wildman–Crippen LogP) is 2.06. The number of aromatic nitrogens is 1. The van der Waals surface area contributed by atoms with Crippen LogP contribution in [0.4, 0.5) is 0 Å². The second kappa shape index (κ2) is 3.76. The Labute approximate surface area is 77.4 Å². The van der Waals surface area contributed by atoms with Crippen molar-refractivity contribution in [3.8, 4) is 0 Å². The largest absolute Gasteiger partial charge is 0.325 e. The van der Waals surface area contributed by atoms with Gasteiger partial charge in [-0.25, -0.2) is 0 Å². The molecule has 1 N–H and O–H groups in total. The Morgan fingerprint density at radius 3 is 2.67 bits per heavy atom. The molecule has 0 spiro atoms. The zero-order chi connectivity index (χ0) is 9.14. The number of pyridine rings is 1. The van der Waals surface area contributed by atoms with E-state index in [2.05, 4.69) is 13.8 Å². The second-order valence-corrected chi connectivity index (χ2v) is 3.69. The topological polar surface area (TPSA) is 24.1 Å². The molecule has 3 heteroatoms. The van der Waals surface area contributed by atoms with Gasteiger partial charge in [-0.15, -0.1) is 0 Å². The quantitative estimate of drug-likeness (QED) is 0.427. The first-order chi connectivity index (χ1) is 5.59. The fraction of sp³-hybridized carbons (Fsp3) is 0.444. The lowest BCUT2D eigenvalue weighted by molar-refractivity contribution is -0.903. The van der Waals surface area contributed by atoms with Crippen LogP contribution in [0.3, 0.4) is 0 Å². The van der Waals surface area contributed by atoms with Crippen molar-refractivity contribution in [2.24, 2.45) is 5.92 Å². The predicted molar refractivity (Wildman–Crippen MR) is 47.4 cm³/mol. The van der Waals surface area contributed by atoms with Crippen LogP contribution in [0.1, 0.15) is 19.4 Å². The SMILES string of the molecule is CC(C)Cc1ccc(Cl)[n+](O)c1. The van der Waals surface area contributed by atoms with Crippen molar-refractivity contribution >= 4 is 11.6 Å². The van der Waals surface area contributed by atoms with Crippen LogP contribution in [0.2, 0.25) is 5.15 Å². The normalized spacial score (nSPS) is 10.7. The van der Waals surface area contributed by atoms with E-state index >= 15 is 0 Å². The summed E-state index contributed by atoms with van der Waals surface area (Å²) in [4.78, 5) is 0. The Balaban J connectivity index is 2.82. The van der Waals surface area contributed by atoms with Gasteiger partial charge in [-0.2, -0.15) is 0 Å². The summed E-state index contributed by atoms with van der Waals surface area (Å²) in [5.74, 6) is 0.589. The summed E-state index contributed by atoms with van der Waals surface area (Å²) in [6, 6.07) is 3.62. The van der Waals surface area contributed by atoms with Crippen molar-refractivity contribution in [2.45, 2.75) is 20.3 Å². The minimum Gasteiger partial charge on any atom is -0.284 e. The molecular weight excluding hydrogens is 174 g/mol. The van der Waals surface area contributed by atoms with Gasteiger partial charge in [0.05, 0.1) is 0 Å². The molecule has 0 fully saturated rings. The van der Waals surface area contributed by atoms with E-state index in [4.69, 9.17) is 11.6 Å². The van der Waals surface area contributed by atoms with Gasteiger partial charge in [0.15, 0.2) is 0 Å². The van der Waals surface area contributed by atoms with Crippen molar-refractivity contribution in [1.29, 1.82) is 0 Å². The molecule has 0 aliphatic carbocycles. The van der Waals surface area contributed by atoms with Crippen LogP contribution in [-0.2, 0) is 6.42 Å². The summed E-state index contributed by atoms with van der Waals surface area (Å²) < 4.78 is 0.944. The van der Waals surface area contributed by atoms with Gasteiger partial charge in [-0.3, -0.25) is 5.21 Å². The fourth-order valence-corrected chi connectivity index (χ4v) is 1.22. The minimum atomic E-state index is 0.336. The summed E-state index contributed by atoms with van der Waals surface area (Å²) in [7, 11) is 0. The number of nitrogens with zero attached hydrogens (tertiary/aromatic N) is 1. The number of hydrogen-bond acceptors (Lipinski definition) is 1. The van der Waals surface area contributed by atoms with Gasteiger partial charge in [-0.1, -0.05) is 13.8 Å². The number of rotatable bonds is 2. The third kappa shape index (κ3) is 2.38. The molecule has 66 valence electrons. The lowest BCUT2D eigenvalue weighted by Crippen LogP contribution is -2.31. The van der Waals surface area contributed by atoms with Crippen LogP contribution >= 0.6 is 11.6 Å². The zero-order valence-corrected chi connectivity index (χ0v) is 8.04. The molecule has 12 heavy (non-hydrogen) atoms. The smallest absolute Gasteiger partial charge is 0.284 e. The summed E-state index contributed by atoms with van der Waals surface area (Å²) in [6.07, 6.45) is 2.60. The van der Waals surface area contributed by atoms with Crippen molar-refractivity contribution in [3.05, 3.63) is 29.0 Å². The molecule has 1 heterocycles. The van der Waals surface area contributed by atoms with Crippen LogP contribution in [-0.4, -0.2) is 5.21 Å². The van der Waals surface area contributed by atoms with Crippen molar-refractivity contribution in [2.75, 3.05) is 0 Å². The Morgan fingerprint density at radius 2 is 2.17 bits per heavy atom. The molecule has 0 atom stereocenters. The van der Waals surface area contributed by atoms with Crippen molar-refractivity contribution < 1.29 is 9.94 Å². The van der Waals surface area contributed by atoms with Gasteiger partial charge in [0.2, 0.25) is 6.20 Å². The highest BCUT2D eigenvalue weighted by Crippen LogP contribution is 2.07. The molecule has 0 amide bonds. The highest BCUT2D eigenvalue weighted by molar-refractivity contribution is 6.28. The maximum atomic E-state index is 9.20. The average molecular weight is 187 g/mol. The van der Waals surface area contributed by atoms with Gasteiger partial charge in [-0.05, 0) is 30.0 Å². The van der Waals surface area contributed by atoms with E-state index in [9.17, 15) is 5.21 Å². The molecule has 0 bridgehead atoms. The Bertz CT molecular complexity index is 273. The molecule has 0 aromatic carbocycles. The number of hydrogen-bond donors (Lipinski definition) is 1. The molecule has 1 rings (SSSR count). The Morgan fingerprint density at radius 1 is 1.50 bits per heavy atom. The first-order valence-corrected chi connectivity index (χ1v) is 4.36. The molecule has 0 saturated carbocycles. The van der Waals surface area contributed by atoms with Gasteiger partial charge in [0.25, 0.3) is 0 Å². The first kappa shape index (κ1) is 9.33. The monoisotopic (exact) mass is 186 g/mol. The molecular formula is C9H13ClNO+. The van der Waals surface area contributed by atoms with E-state index in [0.717, 1.165) is 16.7 Å². The summed E-state index contributed by atoms with van der Waals surface area (Å²) in [5, 5.41) is 9.53. The molecule has 1 aromatic heterocycles. The third-order valence-electron chi connectivity index (χ3n) is 1.59. The zero-order valence-electron chi connectivity index (χ0n) is 7.29. The van der Waals surface area contributed by atoms with Gasteiger partial charge in [0, 0.05) is 16.4 Å². The molecule has 2 nitrogen and oxygen atoms in total. The van der Waals surface area contributed by atoms with E-state index in [1.165, 1.54) is 0 Å². The summed E-state index contributed by atoms with van der Waals surface area (Å²) >= 11 is 5.63. The Hall–Kier alpha value is -0.760. The highest BCUT2D eigenvalue weighted by atomic mass is 35.5. The molecule has 0 aliphatic rings.